The molecule has 0 unspecified atom stereocenters. The lowest BCUT2D eigenvalue weighted by Gasteiger charge is -2.22. The molecular weight excluding hydrogens is 395 g/mol. The van der Waals surface area contributed by atoms with Crippen molar-refractivity contribution in [1.82, 2.24) is 5.32 Å². The fourth-order valence-electron chi connectivity index (χ4n) is 3.41. The summed E-state index contributed by atoms with van der Waals surface area (Å²) in [5, 5.41) is 6.29. The summed E-state index contributed by atoms with van der Waals surface area (Å²) in [5.74, 6) is 0.498. The first kappa shape index (κ1) is 21.2. The van der Waals surface area contributed by atoms with Crippen LogP contribution in [0.4, 0.5) is 10.1 Å². The van der Waals surface area contributed by atoms with Crippen molar-refractivity contribution >= 4 is 23.2 Å². The summed E-state index contributed by atoms with van der Waals surface area (Å²) in [5.41, 5.74) is 1.66. The summed E-state index contributed by atoms with van der Waals surface area (Å²) in [6.07, 6.45) is 5.65. The first-order valence-corrected chi connectivity index (χ1v) is 10.2. The van der Waals surface area contributed by atoms with Gasteiger partial charge in [-0.05, 0) is 48.7 Å². The average Bonchev–Trinajstić information content (AvgIpc) is 2.74. The number of amides is 1. The first-order chi connectivity index (χ1) is 14.0. The lowest BCUT2D eigenvalue weighted by Crippen LogP contribution is -2.39. The van der Waals surface area contributed by atoms with Crippen LogP contribution in [0.2, 0.25) is 5.02 Å². The van der Waals surface area contributed by atoms with E-state index < -0.39 is 5.82 Å². The van der Waals surface area contributed by atoms with Crippen LogP contribution in [0.1, 0.15) is 37.7 Å². The molecule has 0 aromatic heterocycles. The first-order valence-electron chi connectivity index (χ1n) is 9.83. The van der Waals surface area contributed by atoms with Crippen molar-refractivity contribution < 1.29 is 18.7 Å². The molecule has 0 heterocycles. The third-order valence-corrected chi connectivity index (χ3v) is 5.26. The predicted octanol–water partition coefficient (Wildman–Crippen LogP) is 4.93. The van der Waals surface area contributed by atoms with Crippen LogP contribution in [0.25, 0.3) is 0 Å². The van der Waals surface area contributed by atoms with Gasteiger partial charge in [0.25, 0.3) is 5.91 Å². The van der Waals surface area contributed by atoms with Crippen molar-refractivity contribution in [2.24, 2.45) is 0 Å². The second-order valence-corrected chi connectivity index (χ2v) is 7.57. The molecule has 1 amide bonds. The molecule has 2 aromatic carbocycles. The Balaban J connectivity index is 1.53. The molecule has 3 rings (SSSR count). The molecule has 0 saturated heterocycles. The Labute approximate surface area is 175 Å². The van der Waals surface area contributed by atoms with Gasteiger partial charge in [-0.15, -0.1) is 0 Å². The molecule has 29 heavy (non-hydrogen) atoms. The maximum atomic E-state index is 13.2. The van der Waals surface area contributed by atoms with Gasteiger partial charge >= 0.3 is 0 Å². The van der Waals surface area contributed by atoms with E-state index in [0.717, 1.165) is 24.1 Å². The Hall–Kier alpha value is -2.47. The predicted molar refractivity (Wildman–Crippen MR) is 112 cm³/mol. The number of rotatable bonds is 8. The molecule has 0 spiro atoms. The number of benzene rings is 2. The van der Waals surface area contributed by atoms with Crippen LogP contribution in [-0.4, -0.2) is 25.7 Å². The Morgan fingerprint density at radius 3 is 2.66 bits per heavy atom. The van der Waals surface area contributed by atoms with Gasteiger partial charge < -0.3 is 20.1 Å². The molecule has 1 aliphatic rings. The van der Waals surface area contributed by atoms with Crippen molar-refractivity contribution in [2.45, 2.75) is 44.7 Å². The lowest BCUT2D eigenvalue weighted by molar-refractivity contribution is -0.124. The van der Waals surface area contributed by atoms with Gasteiger partial charge in [-0.3, -0.25) is 4.79 Å². The number of methoxy groups -OCH3 is 1. The summed E-state index contributed by atoms with van der Waals surface area (Å²) >= 11 is 5.80. The molecule has 2 aromatic rings. The third-order valence-electron chi connectivity index (χ3n) is 4.97. The molecule has 1 saturated carbocycles. The van der Waals surface area contributed by atoms with Gasteiger partial charge in [-0.2, -0.15) is 0 Å². The van der Waals surface area contributed by atoms with Crippen LogP contribution < -0.4 is 20.1 Å². The molecule has 5 nitrogen and oxygen atoms in total. The zero-order valence-electron chi connectivity index (χ0n) is 16.5. The SMILES string of the molecule is COc1cc(CNc2ccc(F)c(Cl)c2)ccc1OCC(=O)NC1CCCCC1. The highest BCUT2D eigenvalue weighted by Crippen LogP contribution is 2.29. The average molecular weight is 421 g/mol. The third kappa shape index (κ3) is 6.26. The summed E-state index contributed by atoms with van der Waals surface area (Å²) in [7, 11) is 1.56. The molecule has 1 aliphatic carbocycles. The highest BCUT2D eigenvalue weighted by molar-refractivity contribution is 6.31. The van der Waals surface area contributed by atoms with Gasteiger partial charge in [0, 0.05) is 18.3 Å². The van der Waals surface area contributed by atoms with E-state index in [1.165, 1.54) is 31.4 Å². The molecule has 0 bridgehead atoms. The number of hydrogen-bond donors (Lipinski definition) is 2. The summed E-state index contributed by atoms with van der Waals surface area (Å²) in [6.45, 7) is 0.458. The smallest absolute Gasteiger partial charge is 0.258 e. The van der Waals surface area contributed by atoms with Crippen LogP contribution >= 0.6 is 11.6 Å². The van der Waals surface area contributed by atoms with Crippen molar-refractivity contribution in [1.29, 1.82) is 0 Å². The van der Waals surface area contributed by atoms with Gasteiger partial charge in [0.15, 0.2) is 18.1 Å². The zero-order chi connectivity index (χ0) is 20.6. The number of hydrogen-bond acceptors (Lipinski definition) is 4. The number of nitrogens with one attached hydrogen (secondary N) is 2. The fraction of sp³-hybridized carbons (Fsp3) is 0.409. The van der Waals surface area contributed by atoms with Gasteiger partial charge in [-0.1, -0.05) is 36.9 Å². The molecular formula is C22H26ClFN2O3. The summed E-state index contributed by atoms with van der Waals surface area (Å²) in [6, 6.07) is 10.2. The minimum absolute atomic E-state index is 0.0431. The lowest BCUT2D eigenvalue weighted by atomic mass is 9.95. The zero-order valence-corrected chi connectivity index (χ0v) is 17.2. The molecule has 2 N–H and O–H groups in total. The van der Waals surface area contributed by atoms with E-state index in [9.17, 15) is 9.18 Å². The normalized spacial score (nSPS) is 14.3. The number of carbonyl (C=O) groups excluding carboxylic acids is 1. The van der Waals surface area contributed by atoms with Gasteiger partial charge in [0.2, 0.25) is 0 Å². The minimum Gasteiger partial charge on any atom is -0.493 e. The van der Waals surface area contributed by atoms with E-state index in [4.69, 9.17) is 21.1 Å². The van der Waals surface area contributed by atoms with E-state index in [1.54, 1.807) is 19.2 Å². The molecule has 0 aliphatic heterocycles. The quantitative estimate of drug-likeness (QED) is 0.635. The van der Waals surface area contributed by atoms with Gasteiger partial charge in [0.05, 0.1) is 12.1 Å². The number of anilines is 1. The second-order valence-electron chi connectivity index (χ2n) is 7.16. The Morgan fingerprint density at radius 1 is 1.14 bits per heavy atom. The van der Waals surface area contributed by atoms with E-state index in [2.05, 4.69) is 10.6 Å². The Bertz CT molecular complexity index is 841. The minimum atomic E-state index is -0.451. The molecule has 1 fully saturated rings. The number of ether oxygens (including phenoxy) is 2. The highest BCUT2D eigenvalue weighted by Gasteiger charge is 2.16. The van der Waals surface area contributed by atoms with E-state index in [0.29, 0.717) is 18.0 Å². The van der Waals surface area contributed by atoms with E-state index in [-0.39, 0.29) is 23.6 Å². The molecule has 7 heteroatoms. The number of halogens is 2. The van der Waals surface area contributed by atoms with E-state index >= 15 is 0 Å². The van der Waals surface area contributed by atoms with Crippen molar-refractivity contribution in [3.8, 4) is 11.5 Å². The van der Waals surface area contributed by atoms with Crippen LogP contribution in [-0.2, 0) is 11.3 Å². The summed E-state index contributed by atoms with van der Waals surface area (Å²) in [4.78, 5) is 12.1. The monoisotopic (exact) mass is 420 g/mol. The standard InChI is InChI=1S/C22H26ClFN2O3/c1-28-21-11-15(13-25-17-8-9-19(24)18(23)12-17)7-10-20(21)29-14-22(27)26-16-5-3-2-4-6-16/h7-12,16,25H,2-6,13-14H2,1H3,(H,26,27). The molecule has 0 radical (unpaired) electrons. The van der Waals surface area contributed by atoms with E-state index in [1.807, 2.05) is 12.1 Å². The maximum absolute atomic E-state index is 13.2. The van der Waals surface area contributed by atoms with Gasteiger partial charge in [0.1, 0.15) is 5.82 Å². The number of carbonyl (C=O) groups is 1. The van der Waals surface area contributed by atoms with Crippen LogP contribution in [0.5, 0.6) is 11.5 Å². The topological polar surface area (TPSA) is 59.6 Å². The van der Waals surface area contributed by atoms with Crippen molar-refractivity contribution in [3.63, 3.8) is 0 Å². The molecule has 0 atom stereocenters. The van der Waals surface area contributed by atoms with Crippen molar-refractivity contribution in [2.75, 3.05) is 19.0 Å². The van der Waals surface area contributed by atoms with Crippen molar-refractivity contribution in [3.05, 3.63) is 52.8 Å². The molecule has 156 valence electrons. The fourth-order valence-corrected chi connectivity index (χ4v) is 3.59. The largest absolute Gasteiger partial charge is 0.493 e. The van der Waals surface area contributed by atoms with Crippen LogP contribution in [0.15, 0.2) is 36.4 Å². The Morgan fingerprint density at radius 2 is 1.93 bits per heavy atom. The van der Waals surface area contributed by atoms with Crippen LogP contribution in [0, 0.1) is 5.82 Å². The highest BCUT2D eigenvalue weighted by atomic mass is 35.5. The Kier molecular flexibility index (Phi) is 7.58. The second kappa shape index (κ2) is 10.3. The summed E-state index contributed by atoms with van der Waals surface area (Å²) < 4.78 is 24.3. The maximum Gasteiger partial charge on any atom is 0.258 e. The van der Waals surface area contributed by atoms with Gasteiger partial charge in [-0.25, -0.2) is 4.39 Å². The van der Waals surface area contributed by atoms with Crippen LogP contribution in [0.3, 0.4) is 0 Å².